The number of hydrogen-bond donors (Lipinski definition) is 1. The first-order chi connectivity index (χ1) is 11.4. The summed E-state index contributed by atoms with van der Waals surface area (Å²) < 4.78 is 5.54. The normalized spacial score (nSPS) is 12.6. The molecule has 0 aliphatic carbocycles. The van der Waals surface area contributed by atoms with Crippen LogP contribution < -0.4 is 10.2 Å². The Balaban J connectivity index is 1.98. The van der Waals surface area contributed by atoms with Gasteiger partial charge in [-0.15, -0.1) is 0 Å². The molecule has 0 saturated heterocycles. The molecule has 126 valence electrons. The van der Waals surface area contributed by atoms with Gasteiger partial charge in [-0.05, 0) is 44.5 Å². The molecule has 0 saturated carbocycles. The van der Waals surface area contributed by atoms with Crippen molar-refractivity contribution in [2.24, 2.45) is 5.10 Å². The third-order valence-electron chi connectivity index (χ3n) is 3.37. The summed E-state index contributed by atoms with van der Waals surface area (Å²) in [7, 11) is 0. The van der Waals surface area contributed by atoms with Gasteiger partial charge in [-0.2, -0.15) is 5.10 Å². The molecule has 0 aliphatic rings. The average Bonchev–Trinajstić information content (AvgIpc) is 2.55. The van der Waals surface area contributed by atoms with Crippen molar-refractivity contribution in [3.05, 3.63) is 63.6 Å². The molecule has 0 aromatic heterocycles. The Hall–Kier alpha value is -2.04. The van der Waals surface area contributed by atoms with Crippen molar-refractivity contribution in [2.45, 2.75) is 26.9 Å². The van der Waals surface area contributed by atoms with Crippen LogP contribution in [0.5, 0.6) is 5.75 Å². The van der Waals surface area contributed by atoms with Crippen molar-refractivity contribution in [3.63, 3.8) is 0 Å². The summed E-state index contributed by atoms with van der Waals surface area (Å²) in [6.07, 6.45) is -0.752. The molecule has 2 rings (SSSR count). The Kier molecular flexibility index (Phi) is 6.23. The van der Waals surface area contributed by atoms with Crippen LogP contribution in [0.15, 0.2) is 47.6 Å². The lowest BCUT2D eigenvalue weighted by Crippen LogP contribution is -2.34. The summed E-state index contributed by atoms with van der Waals surface area (Å²) in [6.45, 7) is 5.46. The number of carbonyl (C=O) groups excluding carboxylic acids is 1. The SMILES string of the molecule is CC(=NNC(=O)C(C)Oc1ccc(Cl)cc1Cl)c1ccc(C)cc1. The molecule has 2 aromatic carbocycles. The fraction of sp³-hybridized carbons (Fsp3) is 0.222. The molecule has 1 unspecified atom stereocenters. The van der Waals surface area contributed by atoms with Crippen LogP contribution in [0.4, 0.5) is 0 Å². The van der Waals surface area contributed by atoms with Gasteiger partial charge in [0.05, 0.1) is 10.7 Å². The van der Waals surface area contributed by atoms with Crippen LogP contribution in [0.1, 0.15) is 25.0 Å². The number of ether oxygens (including phenoxy) is 1. The summed E-state index contributed by atoms with van der Waals surface area (Å²) in [5.41, 5.74) is 5.31. The average molecular weight is 365 g/mol. The van der Waals surface area contributed by atoms with E-state index < -0.39 is 6.10 Å². The molecular formula is C18H18Cl2N2O2. The fourth-order valence-corrected chi connectivity index (χ4v) is 2.36. The van der Waals surface area contributed by atoms with E-state index in [9.17, 15) is 4.79 Å². The number of carbonyl (C=O) groups is 1. The molecule has 4 nitrogen and oxygen atoms in total. The molecule has 0 bridgehead atoms. The second-order valence-electron chi connectivity index (χ2n) is 5.37. The number of benzene rings is 2. The molecule has 0 heterocycles. The highest BCUT2D eigenvalue weighted by molar-refractivity contribution is 6.35. The zero-order chi connectivity index (χ0) is 17.7. The van der Waals surface area contributed by atoms with Gasteiger partial charge < -0.3 is 4.74 Å². The van der Waals surface area contributed by atoms with E-state index in [1.165, 1.54) is 0 Å². The van der Waals surface area contributed by atoms with Gasteiger partial charge >= 0.3 is 0 Å². The van der Waals surface area contributed by atoms with Gasteiger partial charge in [0.15, 0.2) is 6.10 Å². The Labute approximate surface area is 151 Å². The third kappa shape index (κ3) is 4.98. The third-order valence-corrected chi connectivity index (χ3v) is 3.90. The number of rotatable bonds is 5. The van der Waals surface area contributed by atoms with Crippen molar-refractivity contribution in [1.29, 1.82) is 0 Å². The van der Waals surface area contributed by atoms with Gasteiger partial charge in [0.25, 0.3) is 5.91 Å². The van der Waals surface area contributed by atoms with Crippen LogP contribution in [0.2, 0.25) is 10.0 Å². The molecular weight excluding hydrogens is 347 g/mol. The van der Waals surface area contributed by atoms with Gasteiger partial charge in [0.2, 0.25) is 0 Å². The predicted octanol–water partition coefficient (Wildman–Crippen LogP) is 4.61. The predicted molar refractivity (Wildman–Crippen MR) is 98.1 cm³/mol. The quantitative estimate of drug-likeness (QED) is 0.621. The van der Waals surface area contributed by atoms with Crippen LogP contribution in [0.25, 0.3) is 0 Å². The number of nitrogens with one attached hydrogen (secondary N) is 1. The summed E-state index contributed by atoms with van der Waals surface area (Å²) in [4.78, 5) is 12.1. The number of nitrogens with zero attached hydrogens (tertiary/aromatic N) is 1. The van der Waals surface area contributed by atoms with Crippen molar-refractivity contribution in [2.75, 3.05) is 0 Å². The standard InChI is InChI=1S/C18H18Cl2N2O2/c1-11-4-6-14(7-5-11)12(2)21-22-18(23)13(3)24-17-9-8-15(19)10-16(17)20/h4-10,13H,1-3H3,(H,22,23). The number of aryl methyl sites for hydroxylation is 1. The lowest BCUT2D eigenvalue weighted by molar-refractivity contribution is -0.127. The summed E-state index contributed by atoms with van der Waals surface area (Å²) >= 11 is 11.9. The molecule has 0 aliphatic heterocycles. The maximum absolute atomic E-state index is 12.1. The highest BCUT2D eigenvalue weighted by Crippen LogP contribution is 2.28. The van der Waals surface area contributed by atoms with E-state index in [0.717, 1.165) is 11.1 Å². The molecule has 0 fully saturated rings. The molecule has 6 heteroatoms. The molecule has 1 N–H and O–H groups in total. The maximum atomic E-state index is 12.1. The molecule has 2 aromatic rings. The minimum atomic E-state index is -0.752. The van der Waals surface area contributed by atoms with Crippen LogP contribution in [0.3, 0.4) is 0 Å². The largest absolute Gasteiger partial charge is 0.479 e. The van der Waals surface area contributed by atoms with E-state index in [2.05, 4.69) is 10.5 Å². The van der Waals surface area contributed by atoms with E-state index in [-0.39, 0.29) is 5.91 Å². The summed E-state index contributed by atoms with van der Waals surface area (Å²) in [5.74, 6) is 0.0235. The van der Waals surface area contributed by atoms with Crippen molar-refractivity contribution >= 4 is 34.8 Å². The van der Waals surface area contributed by atoms with Gasteiger partial charge in [0.1, 0.15) is 5.75 Å². The fourth-order valence-electron chi connectivity index (χ4n) is 1.90. The Morgan fingerprint density at radius 1 is 1.17 bits per heavy atom. The monoisotopic (exact) mass is 364 g/mol. The zero-order valence-corrected chi connectivity index (χ0v) is 15.2. The topological polar surface area (TPSA) is 50.7 Å². The van der Waals surface area contributed by atoms with Crippen molar-refractivity contribution in [1.82, 2.24) is 5.43 Å². The van der Waals surface area contributed by atoms with E-state index >= 15 is 0 Å². The smallest absolute Gasteiger partial charge is 0.280 e. The van der Waals surface area contributed by atoms with Gasteiger partial charge in [-0.3, -0.25) is 4.79 Å². The maximum Gasteiger partial charge on any atom is 0.280 e. The molecule has 0 spiro atoms. The number of amides is 1. The highest BCUT2D eigenvalue weighted by atomic mass is 35.5. The first-order valence-electron chi connectivity index (χ1n) is 7.39. The van der Waals surface area contributed by atoms with E-state index in [1.54, 1.807) is 25.1 Å². The van der Waals surface area contributed by atoms with Crippen LogP contribution in [-0.2, 0) is 4.79 Å². The second-order valence-corrected chi connectivity index (χ2v) is 6.22. The first-order valence-corrected chi connectivity index (χ1v) is 8.15. The number of hydrazone groups is 1. The van der Waals surface area contributed by atoms with E-state index in [4.69, 9.17) is 27.9 Å². The second kappa shape index (κ2) is 8.18. The number of hydrogen-bond acceptors (Lipinski definition) is 3. The molecule has 1 atom stereocenters. The van der Waals surface area contributed by atoms with Gasteiger partial charge in [0, 0.05) is 5.02 Å². The Bertz CT molecular complexity index is 758. The molecule has 24 heavy (non-hydrogen) atoms. The molecule has 0 radical (unpaired) electrons. The molecule has 1 amide bonds. The van der Waals surface area contributed by atoms with E-state index in [1.807, 2.05) is 38.1 Å². The number of halogens is 2. The van der Waals surface area contributed by atoms with Crippen molar-refractivity contribution < 1.29 is 9.53 Å². The first kappa shape index (κ1) is 18.3. The lowest BCUT2D eigenvalue weighted by atomic mass is 10.1. The van der Waals surface area contributed by atoms with Crippen LogP contribution in [-0.4, -0.2) is 17.7 Å². The van der Waals surface area contributed by atoms with Crippen molar-refractivity contribution in [3.8, 4) is 5.75 Å². The van der Waals surface area contributed by atoms with Crippen LogP contribution >= 0.6 is 23.2 Å². The van der Waals surface area contributed by atoms with E-state index in [0.29, 0.717) is 21.5 Å². The summed E-state index contributed by atoms with van der Waals surface area (Å²) in [6, 6.07) is 12.7. The van der Waals surface area contributed by atoms with Gasteiger partial charge in [-0.25, -0.2) is 5.43 Å². The summed E-state index contributed by atoms with van der Waals surface area (Å²) in [5, 5.41) is 4.96. The van der Waals surface area contributed by atoms with Crippen LogP contribution in [0, 0.1) is 6.92 Å². The van der Waals surface area contributed by atoms with Gasteiger partial charge in [-0.1, -0.05) is 53.0 Å². The Morgan fingerprint density at radius 3 is 2.46 bits per heavy atom. The lowest BCUT2D eigenvalue weighted by Gasteiger charge is -2.14. The minimum absolute atomic E-state index is 0.349. The minimum Gasteiger partial charge on any atom is -0.479 e. The highest BCUT2D eigenvalue weighted by Gasteiger charge is 2.16. The Morgan fingerprint density at radius 2 is 1.83 bits per heavy atom. The zero-order valence-electron chi connectivity index (χ0n) is 13.6.